The van der Waals surface area contributed by atoms with Gasteiger partial charge in [-0.1, -0.05) is 46.3 Å². The van der Waals surface area contributed by atoms with E-state index in [9.17, 15) is 35.1 Å². The fourth-order valence-electron chi connectivity index (χ4n) is 12.7. The highest BCUT2D eigenvalue weighted by Crippen LogP contribution is 2.87. The summed E-state index contributed by atoms with van der Waals surface area (Å²) in [4.78, 5) is 26.3. The lowest BCUT2D eigenvalue weighted by Gasteiger charge is -2.60. The van der Waals surface area contributed by atoms with Gasteiger partial charge in [-0.05, 0) is 92.3 Å². The second-order valence-electron chi connectivity index (χ2n) is 18.4. The number of carbonyl (C=O) groups excluding carboxylic acids is 2. The van der Waals surface area contributed by atoms with Crippen LogP contribution in [0.3, 0.4) is 0 Å². The molecule has 2 heterocycles. The van der Waals surface area contributed by atoms with Crippen LogP contribution < -0.4 is 0 Å². The van der Waals surface area contributed by atoms with E-state index in [1.165, 1.54) is 12.5 Å². The smallest absolute Gasteiger partial charge is 0.302 e. The van der Waals surface area contributed by atoms with Crippen LogP contribution in [0, 0.1) is 44.8 Å². The molecule has 0 amide bonds. The Labute approximate surface area is 289 Å². The number of hydrogen-bond donors (Lipinski definition) is 5. The third kappa shape index (κ3) is 4.75. The molecule has 0 radical (unpaired) electrons. The number of aliphatic hydroxyl groups is 5. The van der Waals surface area contributed by atoms with Gasteiger partial charge in [0.15, 0.2) is 12.1 Å². The van der Waals surface area contributed by atoms with Crippen molar-refractivity contribution in [1.82, 2.24) is 0 Å². The molecule has 4 saturated carbocycles. The summed E-state index contributed by atoms with van der Waals surface area (Å²) in [6, 6.07) is 0. The first-order chi connectivity index (χ1) is 22.7. The van der Waals surface area contributed by atoms with Crippen LogP contribution in [0.2, 0.25) is 0 Å². The van der Waals surface area contributed by atoms with Gasteiger partial charge in [-0.3, -0.25) is 9.59 Å². The maximum Gasteiger partial charge on any atom is 0.302 e. The van der Waals surface area contributed by atoms with Gasteiger partial charge in [0.2, 0.25) is 0 Å². The predicted octanol–water partition coefficient (Wildman–Crippen LogP) is 2.82. The summed E-state index contributed by atoms with van der Waals surface area (Å²) in [5.41, 5.74) is -0.788. The van der Waals surface area contributed by atoms with Crippen molar-refractivity contribution in [2.24, 2.45) is 44.8 Å². The number of epoxide rings is 1. The molecule has 7 aliphatic rings. The lowest BCUT2D eigenvalue weighted by molar-refractivity contribution is -0.325. The van der Waals surface area contributed by atoms with Gasteiger partial charge >= 0.3 is 5.97 Å². The van der Waals surface area contributed by atoms with Gasteiger partial charge in [-0.2, -0.15) is 0 Å². The first-order valence-electron chi connectivity index (χ1n) is 18.5. The Bertz CT molecular complexity index is 1410. The van der Waals surface area contributed by atoms with Crippen LogP contribution in [0.25, 0.3) is 0 Å². The summed E-state index contributed by atoms with van der Waals surface area (Å²) in [7, 11) is 0. The van der Waals surface area contributed by atoms with Crippen LogP contribution >= 0.6 is 0 Å². The summed E-state index contributed by atoms with van der Waals surface area (Å²) >= 11 is 0. The number of fused-ring (bicyclic) bond motifs is 2. The number of ether oxygens (including phenoxy) is 4. The minimum absolute atomic E-state index is 0.00194. The molecule has 0 aromatic heterocycles. The van der Waals surface area contributed by atoms with Gasteiger partial charge in [0.1, 0.15) is 42.7 Å². The van der Waals surface area contributed by atoms with Crippen molar-refractivity contribution in [2.75, 3.05) is 6.61 Å². The summed E-state index contributed by atoms with van der Waals surface area (Å²) < 4.78 is 23.8. The number of ketones is 1. The molecule has 5 aliphatic carbocycles. The van der Waals surface area contributed by atoms with E-state index in [1.54, 1.807) is 0 Å². The van der Waals surface area contributed by atoms with Gasteiger partial charge < -0.3 is 44.5 Å². The molecule has 2 saturated heterocycles. The number of rotatable bonds is 8. The van der Waals surface area contributed by atoms with E-state index >= 15 is 0 Å². The van der Waals surface area contributed by atoms with Crippen LogP contribution in [0.5, 0.6) is 0 Å². The van der Waals surface area contributed by atoms with Crippen molar-refractivity contribution in [3.05, 3.63) is 11.6 Å². The zero-order chi connectivity index (χ0) is 35.9. The number of aliphatic hydroxyl groups excluding tert-OH is 5. The molecule has 0 bridgehead atoms. The van der Waals surface area contributed by atoms with E-state index in [0.29, 0.717) is 12.8 Å². The maximum atomic E-state index is 14.2. The van der Waals surface area contributed by atoms with E-state index in [4.69, 9.17) is 18.9 Å². The van der Waals surface area contributed by atoms with Crippen LogP contribution in [-0.2, 0) is 28.5 Å². The second kappa shape index (κ2) is 11.3. The Morgan fingerprint density at radius 1 is 1.02 bits per heavy atom. The van der Waals surface area contributed by atoms with Gasteiger partial charge in [0.25, 0.3) is 0 Å². The van der Waals surface area contributed by atoms with Crippen molar-refractivity contribution >= 4 is 11.8 Å². The predicted molar refractivity (Wildman–Crippen MR) is 176 cm³/mol. The summed E-state index contributed by atoms with van der Waals surface area (Å²) in [6.07, 6.45) is -0.754. The minimum atomic E-state index is -1.49. The minimum Gasteiger partial charge on any atom is -0.460 e. The van der Waals surface area contributed by atoms with Crippen LogP contribution in [-0.4, -0.2) is 105 Å². The molecule has 1 unspecified atom stereocenters. The fraction of sp³-hybridized carbons (Fsp3) is 0.895. The third-order valence-corrected chi connectivity index (χ3v) is 15.4. The average molecular weight is 691 g/mol. The van der Waals surface area contributed by atoms with E-state index < -0.39 is 66.3 Å². The average Bonchev–Trinajstić information content (AvgIpc) is 3.88. The molecule has 16 atom stereocenters. The van der Waals surface area contributed by atoms with Gasteiger partial charge in [-0.25, -0.2) is 0 Å². The zero-order valence-corrected chi connectivity index (χ0v) is 30.3. The number of Topliss-reactive ketones (excluding diaryl/α,β-unsaturated/α-hetero) is 1. The topological polar surface area (TPSA) is 176 Å². The molecule has 2 aliphatic heterocycles. The lowest BCUT2D eigenvalue weighted by atomic mass is 9.44. The normalized spacial score (nSPS) is 51.7. The molecular weight excluding hydrogens is 632 g/mol. The van der Waals surface area contributed by atoms with E-state index in [-0.39, 0.29) is 57.6 Å². The van der Waals surface area contributed by atoms with Crippen molar-refractivity contribution < 1.29 is 54.1 Å². The molecule has 276 valence electrons. The van der Waals surface area contributed by atoms with E-state index in [2.05, 4.69) is 40.7 Å². The van der Waals surface area contributed by atoms with Crippen molar-refractivity contribution in [1.29, 1.82) is 0 Å². The highest BCUT2D eigenvalue weighted by Gasteiger charge is 2.82. The highest BCUT2D eigenvalue weighted by atomic mass is 16.7. The molecule has 11 nitrogen and oxygen atoms in total. The largest absolute Gasteiger partial charge is 0.460 e. The zero-order valence-electron chi connectivity index (χ0n) is 30.3. The Morgan fingerprint density at radius 3 is 2.31 bits per heavy atom. The van der Waals surface area contributed by atoms with Crippen molar-refractivity contribution in [3.63, 3.8) is 0 Å². The Balaban J connectivity index is 1.14. The number of esters is 1. The van der Waals surface area contributed by atoms with Gasteiger partial charge in [0.05, 0.1) is 18.3 Å². The van der Waals surface area contributed by atoms with Crippen LogP contribution in [0.4, 0.5) is 0 Å². The fourth-order valence-corrected chi connectivity index (χ4v) is 12.7. The third-order valence-electron chi connectivity index (χ3n) is 15.4. The first kappa shape index (κ1) is 35.9. The lowest BCUT2D eigenvalue weighted by Crippen LogP contribution is -2.61. The van der Waals surface area contributed by atoms with Gasteiger partial charge in [-0.15, -0.1) is 0 Å². The van der Waals surface area contributed by atoms with Gasteiger partial charge in [0, 0.05) is 18.3 Å². The second-order valence-corrected chi connectivity index (χ2v) is 18.4. The summed E-state index contributed by atoms with van der Waals surface area (Å²) in [6.45, 7) is 15.6. The molecule has 6 fully saturated rings. The Hall–Kier alpha value is -1.44. The summed E-state index contributed by atoms with van der Waals surface area (Å²) in [5, 5.41) is 53.1. The quantitative estimate of drug-likeness (QED) is 0.144. The van der Waals surface area contributed by atoms with Crippen LogP contribution in [0.1, 0.15) is 100 Å². The maximum absolute atomic E-state index is 14.2. The van der Waals surface area contributed by atoms with E-state index in [1.807, 2.05) is 13.8 Å². The van der Waals surface area contributed by atoms with Crippen molar-refractivity contribution in [3.8, 4) is 0 Å². The molecule has 5 N–H and O–H groups in total. The summed E-state index contributed by atoms with van der Waals surface area (Å²) in [5.74, 6) is -0.754. The SMILES string of the molecule is CC(=O)O[C@H](C[C@@H](C)[C@H]1C(=O)[C@H](O)[C@@]2(C)C3=CCC4C(C)(C)[C@@H](O[C@@H]5O[C@H](CO)[C@H](O)[C@H](O)[C@H]5O)CC[C@@]45C[C@@]35CC[C@]12C)[C@@H]1OC1(C)C. The number of allylic oxidation sites excluding steroid dienone is 1. The number of hydrogen-bond acceptors (Lipinski definition) is 11. The standard InChI is InChI=1S/C38H58O11/c1-18(15-20(46-19(2)40)31-34(5,6)49-31)25-27(42)30(45)36(8)23-10-9-22-33(3,4)24(48-32-29(44)28(43)26(41)21(16-39)47-32)11-12-37(22)17-38(23,37)14-13-35(25,36)7/h10,18,20-22,24-26,28-32,39,41,43-45H,9,11-17H2,1-8H3/t18-,20-,21-,22?,24+,25+,26+,28+,29-,30+,31+,32+,35-,36-,37-,38+/m1/s1. The Kier molecular flexibility index (Phi) is 8.27. The first-order valence-corrected chi connectivity index (χ1v) is 18.5. The van der Waals surface area contributed by atoms with E-state index in [0.717, 1.165) is 32.1 Å². The van der Waals surface area contributed by atoms with Crippen LogP contribution in [0.15, 0.2) is 11.6 Å². The Morgan fingerprint density at radius 2 is 1.69 bits per heavy atom. The highest BCUT2D eigenvalue weighted by molar-refractivity contribution is 5.91. The van der Waals surface area contributed by atoms with Crippen molar-refractivity contribution in [2.45, 2.75) is 161 Å². The molecule has 0 aromatic rings. The number of carbonyl (C=O) groups is 2. The molecule has 49 heavy (non-hydrogen) atoms. The molecular formula is C38H58O11. The molecule has 11 heteroatoms. The molecule has 0 aromatic carbocycles. The monoisotopic (exact) mass is 690 g/mol. The molecule has 2 spiro atoms. The molecule has 7 rings (SSSR count).